The minimum Gasteiger partial charge on any atom is -0.306 e. The summed E-state index contributed by atoms with van der Waals surface area (Å²) in [5, 5.41) is 0.791. The van der Waals surface area contributed by atoms with Gasteiger partial charge in [0.2, 0.25) is 0 Å². The van der Waals surface area contributed by atoms with E-state index in [4.69, 9.17) is 0 Å². The quantitative estimate of drug-likeness (QED) is 0.529. The molecule has 0 spiro atoms. The summed E-state index contributed by atoms with van der Waals surface area (Å²) in [5.74, 6) is 0.555. The number of hydrogen-bond donors (Lipinski definition) is 1. The molecular weight excluding hydrogens is 356 g/mol. The second kappa shape index (κ2) is 6.70. The number of nitrogens with zero attached hydrogens (tertiary/aromatic N) is 3. The van der Waals surface area contributed by atoms with Crippen molar-refractivity contribution in [3.05, 3.63) is 62.8 Å². The summed E-state index contributed by atoms with van der Waals surface area (Å²) in [6, 6.07) is 7.76. The number of rotatable bonds is 2. The van der Waals surface area contributed by atoms with E-state index < -0.39 is 0 Å². The summed E-state index contributed by atoms with van der Waals surface area (Å²) < 4.78 is 0. The summed E-state index contributed by atoms with van der Waals surface area (Å²) >= 11 is 1.67. The Balaban J connectivity index is 1.53. The zero-order valence-electron chi connectivity index (χ0n) is 14.7. The molecule has 27 heavy (non-hydrogen) atoms. The second-order valence-electron chi connectivity index (χ2n) is 6.81. The number of H-pyrrole nitrogens is 1. The molecular formula is C21H18N4OS. The SMILES string of the molecule is O=c1[nH]c(/C=C/c2cnc3ccccc3n2)nc2sc3c(c12)CCCCC3. The van der Waals surface area contributed by atoms with E-state index in [0.717, 1.165) is 46.2 Å². The van der Waals surface area contributed by atoms with Gasteiger partial charge in [-0.2, -0.15) is 0 Å². The van der Waals surface area contributed by atoms with E-state index in [9.17, 15) is 4.79 Å². The molecule has 0 radical (unpaired) electrons. The first kappa shape index (κ1) is 16.3. The smallest absolute Gasteiger partial charge is 0.260 e. The number of hydrogen-bond acceptors (Lipinski definition) is 5. The summed E-state index contributed by atoms with van der Waals surface area (Å²) in [5.41, 5.74) is 3.63. The molecule has 4 aromatic rings. The van der Waals surface area contributed by atoms with Crippen molar-refractivity contribution in [3.8, 4) is 0 Å². The molecule has 5 nitrogen and oxygen atoms in total. The molecule has 0 atom stereocenters. The average molecular weight is 374 g/mol. The molecule has 5 rings (SSSR count). The van der Waals surface area contributed by atoms with Crippen LogP contribution < -0.4 is 5.56 Å². The van der Waals surface area contributed by atoms with Gasteiger partial charge in [-0.15, -0.1) is 11.3 Å². The molecule has 1 aromatic carbocycles. The van der Waals surface area contributed by atoms with Gasteiger partial charge in [0.1, 0.15) is 10.7 Å². The summed E-state index contributed by atoms with van der Waals surface area (Å²) in [6.45, 7) is 0. The maximum absolute atomic E-state index is 12.7. The van der Waals surface area contributed by atoms with E-state index in [1.807, 2.05) is 30.3 Å². The van der Waals surface area contributed by atoms with Gasteiger partial charge in [0.05, 0.1) is 28.3 Å². The maximum atomic E-state index is 12.7. The van der Waals surface area contributed by atoms with E-state index in [-0.39, 0.29) is 5.56 Å². The molecule has 0 amide bonds. The third-order valence-corrected chi connectivity index (χ3v) is 6.16. The molecule has 0 bridgehead atoms. The molecule has 0 unspecified atom stereocenters. The molecule has 1 N–H and O–H groups in total. The molecule has 1 aliphatic rings. The van der Waals surface area contributed by atoms with Crippen LogP contribution in [0.15, 0.2) is 35.3 Å². The Labute approximate surface area is 159 Å². The molecule has 3 heterocycles. The predicted octanol–water partition coefficient (Wildman–Crippen LogP) is 4.37. The van der Waals surface area contributed by atoms with E-state index in [0.29, 0.717) is 5.82 Å². The maximum Gasteiger partial charge on any atom is 0.260 e. The minimum atomic E-state index is -0.0383. The van der Waals surface area contributed by atoms with Crippen LogP contribution in [0.2, 0.25) is 0 Å². The van der Waals surface area contributed by atoms with Gasteiger partial charge in [0, 0.05) is 4.88 Å². The lowest BCUT2D eigenvalue weighted by Crippen LogP contribution is -2.10. The van der Waals surface area contributed by atoms with Crippen LogP contribution in [0.4, 0.5) is 0 Å². The van der Waals surface area contributed by atoms with Crippen LogP contribution in [0.25, 0.3) is 33.4 Å². The van der Waals surface area contributed by atoms with Crippen molar-refractivity contribution in [2.24, 2.45) is 0 Å². The first-order valence-corrected chi connectivity index (χ1v) is 10.0. The first-order chi connectivity index (χ1) is 13.3. The molecule has 3 aromatic heterocycles. The fourth-order valence-corrected chi connectivity index (χ4v) is 4.92. The Hall–Kier alpha value is -2.86. The third kappa shape index (κ3) is 3.06. The molecule has 1 aliphatic carbocycles. The Kier molecular flexibility index (Phi) is 4.05. The molecule has 6 heteroatoms. The number of fused-ring (bicyclic) bond motifs is 4. The van der Waals surface area contributed by atoms with Crippen molar-refractivity contribution < 1.29 is 0 Å². The summed E-state index contributed by atoms with van der Waals surface area (Å²) in [6.07, 6.45) is 11.0. The second-order valence-corrected chi connectivity index (χ2v) is 7.90. The Morgan fingerprint density at radius 2 is 1.85 bits per heavy atom. The van der Waals surface area contributed by atoms with Gasteiger partial charge in [-0.05, 0) is 55.5 Å². The monoisotopic (exact) mass is 374 g/mol. The van der Waals surface area contributed by atoms with Crippen LogP contribution in [0.3, 0.4) is 0 Å². The molecule has 134 valence electrons. The largest absolute Gasteiger partial charge is 0.306 e. The predicted molar refractivity (Wildman–Crippen MR) is 110 cm³/mol. The Bertz CT molecular complexity index is 1240. The zero-order valence-corrected chi connectivity index (χ0v) is 15.6. The summed E-state index contributed by atoms with van der Waals surface area (Å²) in [7, 11) is 0. The van der Waals surface area contributed by atoms with Crippen LogP contribution in [0.1, 0.15) is 41.2 Å². The molecule has 0 saturated heterocycles. The van der Waals surface area contributed by atoms with Crippen LogP contribution >= 0.6 is 11.3 Å². The van der Waals surface area contributed by atoms with Crippen molar-refractivity contribution in [2.75, 3.05) is 0 Å². The number of aryl methyl sites for hydroxylation is 2. The third-order valence-electron chi connectivity index (χ3n) is 4.97. The molecule has 0 aliphatic heterocycles. The van der Waals surface area contributed by atoms with Gasteiger partial charge in [-0.1, -0.05) is 18.6 Å². The van der Waals surface area contributed by atoms with Crippen LogP contribution in [0, 0.1) is 0 Å². The Morgan fingerprint density at radius 3 is 2.78 bits per heavy atom. The highest BCUT2D eigenvalue weighted by Gasteiger charge is 2.18. The molecule has 0 fully saturated rings. The van der Waals surface area contributed by atoms with E-state index in [1.165, 1.54) is 23.3 Å². The number of nitrogens with one attached hydrogen (secondary N) is 1. The number of aromatic amines is 1. The zero-order chi connectivity index (χ0) is 18.2. The fraction of sp³-hybridized carbons (Fsp3) is 0.238. The van der Waals surface area contributed by atoms with Gasteiger partial charge >= 0.3 is 0 Å². The lowest BCUT2D eigenvalue weighted by atomic mass is 10.1. The normalized spacial score (nSPS) is 14.7. The summed E-state index contributed by atoms with van der Waals surface area (Å²) in [4.78, 5) is 31.4. The molecule has 0 saturated carbocycles. The highest BCUT2D eigenvalue weighted by molar-refractivity contribution is 7.18. The van der Waals surface area contributed by atoms with Crippen molar-refractivity contribution in [1.82, 2.24) is 19.9 Å². The number of para-hydroxylation sites is 2. The van der Waals surface area contributed by atoms with Crippen LogP contribution in [-0.2, 0) is 12.8 Å². The van der Waals surface area contributed by atoms with Crippen molar-refractivity contribution >= 4 is 44.7 Å². The first-order valence-electron chi connectivity index (χ1n) is 9.22. The fourth-order valence-electron chi connectivity index (χ4n) is 3.65. The standard InChI is InChI=1S/C21H18N4OS/c26-20-19-14-6-2-1-3-9-17(14)27-21(19)25-18(24-20)11-10-13-12-22-15-7-4-5-8-16(15)23-13/h4-5,7-8,10-12H,1-3,6,9H2,(H,24,25,26)/b11-10+. The minimum absolute atomic E-state index is 0.0383. The van der Waals surface area contributed by atoms with Gasteiger partial charge < -0.3 is 4.98 Å². The van der Waals surface area contributed by atoms with Crippen LogP contribution in [-0.4, -0.2) is 19.9 Å². The number of aromatic nitrogens is 4. The highest BCUT2D eigenvalue weighted by Crippen LogP contribution is 2.32. The van der Waals surface area contributed by atoms with Crippen LogP contribution in [0.5, 0.6) is 0 Å². The van der Waals surface area contributed by atoms with Crippen molar-refractivity contribution in [3.63, 3.8) is 0 Å². The van der Waals surface area contributed by atoms with E-state index in [1.54, 1.807) is 23.6 Å². The van der Waals surface area contributed by atoms with Crippen molar-refractivity contribution in [1.29, 1.82) is 0 Å². The lowest BCUT2D eigenvalue weighted by Gasteiger charge is -1.99. The van der Waals surface area contributed by atoms with Crippen molar-refractivity contribution in [2.45, 2.75) is 32.1 Å². The average Bonchev–Trinajstić information content (AvgIpc) is 2.88. The van der Waals surface area contributed by atoms with Gasteiger partial charge in [0.25, 0.3) is 5.56 Å². The Morgan fingerprint density at radius 1 is 1.00 bits per heavy atom. The van der Waals surface area contributed by atoms with Gasteiger partial charge in [-0.3, -0.25) is 9.78 Å². The highest BCUT2D eigenvalue weighted by atomic mass is 32.1. The van der Waals surface area contributed by atoms with E-state index >= 15 is 0 Å². The topological polar surface area (TPSA) is 71.5 Å². The number of thiophene rings is 1. The van der Waals surface area contributed by atoms with E-state index in [2.05, 4.69) is 19.9 Å². The number of benzene rings is 1. The lowest BCUT2D eigenvalue weighted by molar-refractivity contribution is 0.713. The van der Waals surface area contributed by atoms with Gasteiger partial charge in [0.15, 0.2) is 0 Å². The van der Waals surface area contributed by atoms with Gasteiger partial charge in [-0.25, -0.2) is 9.97 Å².